The molecule has 0 bridgehead atoms. The SMILES string of the molecule is O=C(CC1SC(C2CCCCC2)N(c2ccccc2)C1=O)N1CCC(n2c(=O)[nH]c3ncccc32)CC1.[HH]. The van der Waals surface area contributed by atoms with Crippen molar-refractivity contribution in [2.24, 2.45) is 5.92 Å². The minimum absolute atomic E-state index is 0. The Kier molecular flexibility index (Phi) is 6.80. The van der Waals surface area contributed by atoms with Crippen molar-refractivity contribution in [3.63, 3.8) is 0 Å². The molecular weight excluding hydrogens is 486 g/mol. The highest BCUT2D eigenvalue weighted by molar-refractivity contribution is 8.02. The van der Waals surface area contributed by atoms with Crippen LogP contribution in [0.5, 0.6) is 0 Å². The van der Waals surface area contributed by atoms with E-state index in [9.17, 15) is 14.4 Å². The Balaban J connectivity index is 0.00000294. The highest BCUT2D eigenvalue weighted by Gasteiger charge is 2.46. The number of fused-ring (bicyclic) bond motifs is 1. The quantitative estimate of drug-likeness (QED) is 0.531. The summed E-state index contributed by atoms with van der Waals surface area (Å²) in [5, 5.41) is -0.249. The van der Waals surface area contributed by atoms with E-state index in [1.807, 2.05) is 52.3 Å². The van der Waals surface area contributed by atoms with Gasteiger partial charge in [0.2, 0.25) is 11.8 Å². The number of imidazole rings is 1. The van der Waals surface area contributed by atoms with Gasteiger partial charge in [-0.05, 0) is 55.9 Å². The lowest BCUT2D eigenvalue weighted by Crippen LogP contribution is -2.42. The number of nitrogens with one attached hydrogen (secondary N) is 1. The van der Waals surface area contributed by atoms with Gasteiger partial charge in [0.25, 0.3) is 0 Å². The number of aromatic nitrogens is 3. The summed E-state index contributed by atoms with van der Waals surface area (Å²) in [6, 6.07) is 13.7. The van der Waals surface area contributed by atoms with Gasteiger partial charge in [-0.3, -0.25) is 24.0 Å². The van der Waals surface area contributed by atoms with Gasteiger partial charge in [-0.15, -0.1) is 11.8 Å². The van der Waals surface area contributed by atoms with Gasteiger partial charge in [0.1, 0.15) is 0 Å². The van der Waals surface area contributed by atoms with Crippen LogP contribution >= 0.6 is 11.8 Å². The summed E-state index contributed by atoms with van der Waals surface area (Å²) < 4.78 is 1.78. The average Bonchev–Trinajstić information content (AvgIpc) is 3.45. The summed E-state index contributed by atoms with van der Waals surface area (Å²) in [5.74, 6) is 0.574. The van der Waals surface area contributed by atoms with E-state index in [2.05, 4.69) is 9.97 Å². The van der Waals surface area contributed by atoms with Gasteiger partial charge in [-0.2, -0.15) is 0 Å². The maximum Gasteiger partial charge on any atom is 0.327 e. The number of hydrogen-bond donors (Lipinski definition) is 1. The first-order valence-electron chi connectivity index (χ1n) is 13.5. The lowest BCUT2D eigenvalue weighted by atomic mass is 9.88. The number of rotatable bonds is 5. The van der Waals surface area contributed by atoms with Crippen LogP contribution in [-0.2, 0) is 9.59 Å². The van der Waals surface area contributed by atoms with E-state index >= 15 is 0 Å². The van der Waals surface area contributed by atoms with Crippen LogP contribution in [-0.4, -0.2) is 55.0 Å². The second kappa shape index (κ2) is 10.4. The monoisotopic (exact) mass is 521 g/mol. The van der Waals surface area contributed by atoms with Gasteiger partial charge < -0.3 is 4.90 Å². The molecule has 3 fully saturated rings. The van der Waals surface area contributed by atoms with Crippen LogP contribution < -0.4 is 10.6 Å². The summed E-state index contributed by atoms with van der Waals surface area (Å²) in [4.78, 5) is 50.5. The molecule has 2 aliphatic heterocycles. The van der Waals surface area contributed by atoms with Gasteiger partial charge in [0.05, 0.1) is 16.1 Å². The minimum Gasteiger partial charge on any atom is -0.342 e. The van der Waals surface area contributed by atoms with Crippen LogP contribution in [0.4, 0.5) is 5.69 Å². The van der Waals surface area contributed by atoms with Crippen molar-refractivity contribution >= 4 is 40.4 Å². The standard InChI is InChI=1S/C28H33N5O3S.H2/c34-24(31-16-13-21(14-17-31)32-22-12-7-15-29-25(22)30-28(32)36)18-23-26(35)33(20-10-5-2-6-11-20)27(37-23)19-8-3-1-4-9-19;/h2,5-7,10-12,15,19,21,23,27H,1,3-4,8-9,13-14,16-18H2,(H,29,30,36);1H. The van der Waals surface area contributed by atoms with Crippen LogP contribution in [0.25, 0.3) is 11.2 Å². The van der Waals surface area contributed by atoms with E-state index in [0.717, 1.165) is 24.0 Å². The predicted octanol–water partition coefficient (Wildman–Crippen LogP) is 4.58. The summed E-state index contributed by atoms with van der Waals surface area (Å²) in [6.07, 6.45) is 9.31. The summed E-state index contributed by atoms with van der Waals surface area (Å²) >= 11 is 1.69. The number of pyridine rings is 1. The highest BCUT2D eigenvalue weighted by atomic mass is 32.2. The third-order valence-electron chi connectivity index (χ3n) is 8.19. The number of hydrogen-bond acceptors (Lipinski definition) is 5. The summed E-state index contributed by atoms with van der Waals surface area (Å²) in [5.41, 5.74) is 2.18. The Morgan fingerprint density at radius 2 is 1.76 bits per heavy atom. The van der Waals surface area contributed by atoms with Crippen molar-refractivity contribution in [2.45, 2.75) is 68.0 Å². The van der Waals surface area contributed by atoms with E-state index in [1.54, 1.807) is 22.5 Å². The van der Waals surface area contributed by atoms with Crippen molar-refractivity contribution in [3.05, 3.63) is 59.1 Å². The van der Waals surface area contributed by atoms with Crippen LogP contribution in [0.15, 0.2) is 53.5 Å². The molecule has 0 radical (unpaired) electrons. The van der Waals surface area contributed by atoms with Crippen LogP contribution in [0, 0.1) is 5.92 Å². The van der Waals surface area contributed by atoms with Crippen molar-refractivity contribution in [1.29, 1.82) is 0 Å². The Labute approximate surface area is 221 Å². The highest BCUT2D eigenvalue weighted by Crippen LogP contribution is 2.45. The Morgan fingerprint density at radius 1 is 1.00 bits per heavy atom. The van der Waals surface area contributed by atoms with E-state index in [4.69, 9.17) is 0 Å². The second-order valence-corrected chi connectivity index (χ2v) is 11.8. The number of amides is 2. The summed E-state index contributed by atoms with van der Waals surface area (Å²) in [7, 11) is 0. The maximum absolute atomic E-state index is 13.6. The molecule has 3 aliphatic rings. The molecule has 1 saturated carbocycles. The van der Waals surface area contributed by atoms with Crippen molar-refractivity contribution < 1.29 is 11.0 Å². The zero-order chi connectivity index (χ0) is 25.4. The average molecular weight is 522 g/mol. The fourth-order valence-electron chi connectivity index (χ4n) is 6.29. The molecule has 196 valence electrons. The third-order valence-corrected chi connectivity index (χ3v) is 9.76. The van der Waals surface area contributed by atoms with E-state index < -0.39 is 0 Å². The maximum atomic E-state index is 13.6. The number of carbonyl (C=O) groups is 2. The lowest BCUT2D eigenvalue weighted by Gasteiger charge is -2.33. The fraction of sp³-hybridized carbons (Fsp3) is 0.500. The van der Waals surface area contributed by atoms with Crippen molar-refractivity contribution in [2.75, 3.05) is 18.0 Å². The number of aromatic amines is 1. The number of para-hydroxylation sites is 1. The zero-order valence-corrected chi connectivity index (χ0v) is 21.7. The van der Waals surface area contributed by atoms with Gasteiger partial charge >= 0.3 is 5.69 Å². The molecular formula is C28H35N5O3S. The molecule has 2 saturated heterocycles. The second-order valence-electron chi connectivity index (χ2n) is 10.4. The molecule has 2 amide bonds. The summed E-state index contributed by atoms with van der Waals surface area (Å²) in [6.45, 7) is 1.17. The van der Waals surface area contributed by atoms with Crippen LogP contribution in [0.2, 0.25) is 0 Å². The van der Waals surface area contributed by atoms with Gasteiger partial charge in [0, 0.05) is 38.9 Å². The number of nitrogens with zero attached hydrogens (tertiary/aromatic N) is 4. The first kappa shape index (κ1) is 24.3. The molecule has 1 aliphatic carbocycles. The van der Waals surface area contributed by atoms with Gasteiger partial charge in [-0.25, -0.2) is 9.78 Å². The third kappa shape index (κ3) is 4.69. The van der Waals surface area contributed by atoms with Crippen molar-refractivity contribution in [1.82, 2.24) is 19.4 Å². The molecule has 1 N–H and O–H groups in total. The van der Waals surface area contributed by atoms with Gasteiger partial charge in [-0.1, -0.05) is 37.5 Å². The topological polar surface area (TPSA) is 91.3 Å². The first-order valence-corrected chi connectivity index (χ1v) is 14.4. The molecule has 37 heavy (non-hydrogen) atoms. The number of piperidine rings is 1. The molecule has 8 nitrogen and oxygen atoms in total. The largest absolute Gasteiger partial charge is 0.342 e. The minimum atomic E-state index is -0.348. The Hall–Kier alpha value is -3.07. The molecule has 0 spiro atoms. The first-order chi connectivity index (χ1) is 18.1. The van der Waals surface area contributed by atoms with Crippen molar-refractivity contribution in [3.8, 4) is 0 Å². The van der Waals surface area contributed by atoms with Crippen LogP contribution in [0.1, 0.15) is 58.8 Å². The molecule has 2 unspecified atom stereocenters. The smallest absolute Gasteiger partial charge is 0.327 e. The molecule has 6 rings (SSSR count). The number of thioether (sulfide) groups is 1. The number of likely N-dealkylation sites (tertiary alicyclic amines) is 1. The number of H-pyrrole nitrogens is 1. The normalized spacial score (nSPS) is 23.7. The zero-order valence-electron chi connectivity index (χ0n) is 20.9. The molecule has 3 aromatic rings. The molecule has 9 heteroatoms. The van der Waals surface area contributed by atoms with Crippen LogP contribution in [0.3, 0.4) is 0 Å². The van der Waals surface area contributed by atoms with E-state index in [-0.39, 0.29) is 42.0 Å². The Bertz CT molecular complexity index is 1330. The molecule has 1 aromatic carbocycles. The van der Waals surface area contributed by atoms with Gasteiger partial charge in [0.15, 0.2) is 5.65 Å². The molecule has 2 atom stereocenters. The Morgan fingerprint density at radius 3 is 2.51 bits per heavy atom. The van der Waals surface area contributed by atoms with E-state index in [1.165, 1.54) is 19.3 Å². The molecule has 2 aromatic heterocycles. The number of benzene rings is 1. The fourth-order valence-corrected chi connectivity index (χ4v) is 7.94. The number of carbonyl (C=O) groups excluding carboxylic acids is 2. The molecule has 4 heterocycles. The van der Waals surface area contributed by atoms with E-state index in [0.29, 0.717) is 37.5 Å². The lowest BCUT2D eigenvalue weighted by molar-refractivity contribution is -0.133. The predicted molar refractivity (Wildman–Crippen MR) is 148 cm³/mol. The number of anilines is 1.